The van der Waals surface area contributed by atoms with E-state index in [0.29, 0.717) is 19.1 Å². The fourth-order valence-corrected chi connectivity index (χ4v) is 2.77. The summed E-state index contributed by atoms with van der Waals surface area (Å²) in [4.78, 5) is 25.2. The van der Waals surface area contributed by atoms with E-state index in [1.54, 1.807) is 19.2 Å². The van der Waals surface area contributed by atoms with Gasteiger partial charge >= 0.3 is 6.03 Å². The number of rotatable bonds is 6. The van der Waals surface area contributed by atoms with Crippen molar-refractivity contribution in [2.75, 3.05) is 13.6 Å². The number of amides is 3. The second-order valence-electron chi connectivity index (χ2n) is 6.02. The van der Waals surface area contributed by atoms with Crippen LogP contribution in [0.2, 0.25) is 0 Å². The number of nitrogens with one attached hydrogen (secondary N) is 2. The summed E-state index contributed by atoms with van der Waals surface area (Å²) < 4.78 is 13.1. The number of carbonyl (C=O) groups excluding carboxylic acids is 2. The summed E-state index contributed by atoms with van der Waals surface area (Å²) in [5, 5.41) is 5.69. The predicted molar refractivity (Wildman–Crippen MR) is 86.3 cm³/mol. The number of nitrogens with zero attached hydrogens (tertiary/aromatic N) is 1. The van der Waals surface area contributed by atoms with Crippen molar-refractivity contribution >= 4 is 11.9 Å². The largest absolute Gasteiger partial charge is 0.353 e. The van der Waals surface area contributed by atoms with Crippen molar-refractivity contribution in [2.45, 2.75) is 44.7 Å². The zero-order valence-corrected chi connectivity index (χ0v) is 13.5. The van der Waals surface area contributed by atoms with E-state index in [-0.39, 0.29) is 24.2 Å². The van der Waals surface area contributed by atoms with Gasteiger partial charge in [0.2, 0.25) is 5.91 Å². The standard InChI is InChI=1S/C17H24FN3O2/c1-21(12-13-5-4-6-14(18)11-13)17(23)19-10-9-16(22)20-15-7-2-3-8-15/h4-6,11,15H,2-3,7-10,12H2,1H3,(H,19,23)(H,20,22). The quantitative estimate of drug-likeness (QED) is 0.845. The van der Waals surface area contributed by atoms with Crippen LogP contribution in [0.3, 0.4) is 0 Å². The van der Waals surface area contributed by atoms with Crippen molar-refractivity contribution in [3.8, 4) is 0 Å². The fourth-order valence-electron chi connectivity index (χ4n) is 2.77. The Labute approximate surface area is 136 Å². The van der Waals surface area contributed by atoms with Gasteiger partial charge in [-0.1, -0.05) is 25.0 Å². The van der Waals surface area contributed by atoms with Gasteiger partial charge in [0.1, 0.15) is 5.82 Å². The molecule has 1 aromatic carbocycles. The lowest BCUT2D eigenvalue weighted by atomic mass is 10.2. The van der Waals surface area contributed by atoms with Crippen LogP contribution in [0, 0.1) is 5.82 Å². The Morgan fingerprint density at radius 1 is 1.30 bits per heavy atom. The minimum Gasteiger partial charge on any atom is -0.353 e. The van der Waals surface area contributed by atoms with Crippen LogP contribution < -0.4 is 10.6 Å². The Hall–Kier alpha value is -2.11. The number of hydrogen-bond donors (Lipinski definition) is 2. The average Bonchev–Trinajstić information content (AvgIpc) is 3.00. The molecule has 1 saturated carbocycles. The molecule has 0 saturated heterocycles. The molecule has 2 N–H and O–H groups in total. The lowest BCUT2D eigenvalue weighted by molar-refractivity contribution is -0.121. The first-order valence-corrected chi connectivity index (χ1v) is 8.07. The molecule has 6 heteroatoms. The lowest BCUT2D eigenvalue weighted by Gasteiger charge is -2.18. The zero-order chi connectivity index (χ0) is 16.7. The highest BCUT2D eigenvalue weighted by molar-refractivity contribution is 5.78. The van der Waals surface area contributed by atoms with Gasteiger partial charge in [-0.25, -0.2) is 9.18 Å². The van der Waals surface area contributed by atoms with Crippen LogP contribution in [0.1, 0.15) is 37.7 Å². The van der Waals surface area contributed by atoms with Crippen molar-refractivity contribution in [3.63, 3.8) is 0 Å². The molecule has 0 heterocycles. The normalized spacial score (nSPS) is 14.5. The second-order valence-corrected chi connectivity index (χ2v) is 6.02. The third-order valence-electron chi connectivity index (χ3n) is 4.00. The van der Waals surface area contributed by atoms with Crippen molar-refractivity contribution < 1.29 is 14.0 Å². The molecule has 1 fully saturated rings. The minimum atomic E-state index is -0.320. The molecule has 3 amide bonds. The van der Waals surface area contributed by atoms with Gasteiger partial charge in [0, 0.05) is 32.6 Å². The Balaban J connectivity index is 1.66. The molecule has 0 unspecified atom stereocenters. The fraction of sp³-hybridized carbons (Fsp3) is 0.529. The summed E-state index contributed by atoms with van der Waals surface area (Å²) in [6.45, 7) is 0.614. The topological polar surface area (TPSA) is 61.4 Å². The van der Waals surface area contributed by atoms with E-state index in [0.717, 1.165) is 18.4 Å². The number of benzene rings is 1. The summed E-state index contributed by atoms with van der Waals surface area (Å²) in [6.07, 6.45) is 4.72. The van der Waals surface area contributed by atoms with Gasteiger partial charge in [-0.2, -0.15) is 0 Å². The van der Waals surface area contributed by atoms with Gasteiger partial charge in [0.15, 0.2) is 0 Å². The lowest BCUT2D eigenvalue weighted by Crippen LogP contribution is -2.40. The van der Waals surface area contributed by atoms with Crippen molar-refractivity contribution in [1.82, 2.24) is 15.5 Å². The second kappa shape index (κ2) is 8.50. The maximum atomic E-state index is 13.1. The molecular formula is C17H24FN3O2. The molecule has 23 heavy (non-hydrogen) atoms. The highest BCUT2D eigenvalue weighted by Crippen LogP contribution is 2.17. The highest BCUT2D eigenvalue weighted by Gasteiger charge is 2.17. The van der Waals surface area contributed by atoms with Crippen LogP contribution in [0.4, 0.5) is 9.18 Å². The predicted octanol–water partition coefficient (Wildman–Crippen LogP) is 2.42. The summed E-state index contributed by atoms with van der Waals surface area (Å²) in [7, 11) is 1.64. The molecule has 0 atom stereocenters. The van der Waals surface area contributed by atoms with E-state index in [9.17, 15) is 14.0 Å². The van der Waals surface area contributed by atoms with E-state index in [1.807, 2.05) is 0 Å². The summed E-state index contributed by atoms with van der Waals surface area (Å²) in [6, 6.07) is 6.17. The van der Waals surface area contributed by atoms with Gasteiger partial charge in [0.05, 0.1) is 0 Å². The molecule has 0 bridgehead atoms. The molecule has 126 valence electrons. The number of hydrogen-bond acceptors (Lipinski definition) is 2. The molecule has 0 spiro atoms. The van der Waals surface area contributed by atoms with Gasteiger partial charge in [-0.15, -0.1) is 0 Å². The van der Waals surface area contributed by atoms with Crippen molar-refractivity contribution in [1.29, 1.82) is 0 Å². The third-order valence-corrected chi connectivity index (χ3v) is 4.00. The molecule has 1 aliphatic rings. The molecule has 1 aromatic rings. The van der Waals surface area contributed by atoms with Gasteiger partial charge in [0.25, 0.3) is 0 Å². The van der Waals surface area contributed by atoms with E-state index in [4.69, 9.17) is 0 Å². The Morgan fingerprint density at radius 3 is 2.74 bits per heavy atom. The molecule has 2 rings (SSSR count). The SMILES string of the molecule is CN(Cc1cccc(F)c1)C(=O)NCCC(=O)NC1CCCC1. The van der Waals surface area contributed by atoms with E-state index in [1.165, 1.54) is 29.9 Å². The third kappa shape index (κ3) is 5.88. The Bertz CT molecular complexity index is 544. The molecule has 1 aliphatic carbocycles. The van der Waals surface area contributed by atoms with E-state index >= 15 is 0 Å². The first kappa shape index (κ1) is 17.2. The smallest absolute Gasteiger partial charge is 0.317 e. The summed E-state index contributed by atoms with van der Waals surface area (Å²) in [5.41, 5.74) is 0.724. The molecular weight excluding hydrogens is 297 g/mol. The summed E-state index contributed by atoms with van der Waals surface area (Å²) >= 11 is 0. The van der Waals surface area contributed by atoms with Crippen LogP contribution >= 0.6 is 0 Å². The van der Waals surface area contributed by atoms with Crippen molar-refractivity contribution in [2.24, 2.45) is 0 Å². The van der Waals surface area contributed by atoms with Crippen LogP contribution in [-0.4, -0.2) is 36.5 Å². The van der Waals surface area contributed by atoms with E-state index < -0.39 is 0 Å². The van der Waals surface area contributed by atoms with Crippen LogP contribution in [-0.2, 0) is 11.3 Å². The number of urea groups is 1. The monoisotopic (exact) mass is 321 g/mol. The van der Waals surface area contributed by atoms with Gasteiger partial charge in [-0.3, -0.25) is 4.79 Å². The number of halogens is 1. The van der Waals surface area contributed by atoms with Gasteiger partial charge < -0.3 is 15.5 Å². The number of carbonyl (C=O) groups is 2. The van der Waals surface area contributed by atoms with Crippen molar-refractivity contribution in [3.05, 3.63) is 35.6 Å². The highest BCUT2D eigenvalue weighted by atomic mass is 19.1. The van der Waals surface area contributed by atoms with E-state index in [2.05, 4.69) is 10.6 Å². The first-order valence-electron chi connectivity index (χ1n) is 8.07. The maximum Gasteiger partial charge on any atom is 0.317 e. The van der Waals surface area contributed by atoms with Crippen LogP contribution in [0.25, 0.3) is 0 Å². The zero-order valence-electron chi connectivity index (χ0n) is 13.5. The van der Waals surface area contributed by atoms with Gasteiger partial charge in [-0.05, 0) is 30.5 Å². The maximum absolute atomic E-state index is 13.1. The molecule has 5 nitrogen and oxygen atoms in total. The van der Waals surface area contributed by atoms with Crippen LogP contribution in [0.15, 0.2) is 24.3 Å². The Kier molecular flexibility index (Phi) is 6.38. The summed E-state index contributed by atoms with van der Waals surface area (Å²) in [5.74, 6) is -0.343. The molecule has 0 aliphatic heterocycles. The minimum absolute atomic E-state index is 0.0232. The average molecular weight is 321 g/mol. The Morgan fingerprint density at radius 2 is 2.04 bits per heavy atom. The molecule has 0 aromatic heterocycles. The van der Waals surface area contributed by atoms with Crippen LogP contribution in [0.5, 0.6) is 0 Å². The first-order chi connectivity index (χ1) is 11.0. The molecule has 0 radical (unpaired) electrons.